The van der Waals surface area contributed by atoms with E-state index in [4.69, 9.17) is 5.11 Å². The van der Waals surface area contributed by atoms with Crippen LogP contribution in [0.3, 0.4) is 0 Å². The van der Waals surface area contributed by atoms with E-state index >= 15 is 0 Å². The molecule has 0 aromatic heterocycles. The van der Waals surface area contributed by atoms with Gasteiger partial charge in [0, 0.05) is 6.04 Å². The highest BCUT2D eigenvalue weighted by molar-refractivity contribution is 7.89. The molecule has 0 bridgehead atoms. The van der Waals surface area contributed by atoms with Gasteiger partial charge in [0.1, 0.15) is 0 Å². The molecule has 0 unspecified atom stereocenters. The van der Waals surface area contributed by atoms with E-state index in [0.717, 1.165) is 25.7 Å². The van der Waals surface area contributed by atoms with Crippen LogP contribution in [0.4, 0.5) is 0 Å². The summed E-state index contributed by atoms with van der Waals surface area (Å²) in [6, 6.07) is 5.24. The second-order valence-electron chi connectivity index (χ2n) is 4.43. The van der Waals surface area contributed by atoms with E-state index in [1.165, 1.54) is 24.3 Å². The molecule has 0 radical (unpaired) electrons. The highest BCUT2D eigenvalue weighted by Crippen LogP contribution is 2.20. The van der Waals surface area contributed by atoms with Crippen LogP contribution in [0.25, 0.3) is 0 Å². The topological polar surface area (TPSA) is 83.5 Å². The van der Waals surface area contributed by atoms with E-state index in [-0.39, 0.29) is 16.5 Å². The summed E-state index contributed by atoms with van der Waals surface area (Å²) in [4.78, 5) is 10.8. The van der Waals surface area contributed by atoms with Crippen molar-refractivity contribution in [2.24, 2.45) is 0 Å². The smallest absolute Gasteiger partial charge is 0.335 e. The summed E-state index contributed by atoms with van der Waals surface area (Å²) in [6.07, 6.45) is 3.83. The lowest BCUT2D eigenvalue weighted by Gasteiger charge is -2.12. The third-order valence-electron chi connectivity index (χ3n) is 3.09. The van der Waals surface area contributed by atoms with Crippen LogP contribution >= 0.6 is 0 Å². The van der Waals surface area contributed by atoms with Crippen molar-refractivity contribution < 1.29 is 18.3 Å². The van der Waals surface area contributed by atoms with Crippen molar-refractivity contribution in [3.05, 3.63) is 29.8 Å². The Hall–Kier alpha value is -1.40. The van der Waals surface area contributed by atoms with Crippen molar-refractivity contribution >= 4 is 16.0 Å². The first-order valence-corrected chi connectivity index (χ1v) is 7.33. The Morgan fingerprint density at radius 2 is 1.72 bits per heavy atom. The second kappa shape index (κ2) is 5.07. The Kier molecular flexibility index (Phi) is 3.68. The summed E-state index contributed by atoms with van der Waals surface area (Å²) in [5.74, 6) is -1.07. The molecule has 1 aromatic rings. The minimum absolute atomic E-state index is 0.00847. The van der Waals surface area contributed by atoms with Crippen LogP contribution < -0.4 is 4.72 Å². The lowest BCUT2D eigenvalue weighted by Crippen LogP contribution is -2.32. The summed E-state index contributed by atoms with van der Waals surface area (Å²) in [6.45, 7) is 0. The third-order valence-corrected chi connectivity index (χ3v) is 4.62. The van der Waals surface area contributed by atoms with Gasteiger partial charge in [0.15, 0.2) is 0 Å². The highest BCUT2D eigenvalue weighted by Gasteiger charge is 2.22. The van der Waals surface area contributed by atoms with Crippen molar-refractivity contribution in [2.45, 2.75) is 36.6 Å². The fourth-order valence-electron chi connectivity index (χ4n) is 2.11. The van der Waals surface area contributed by atoms with Crippen molar-refractivity contribution in [2.75, 3.05) is 0 Å². The number of carboxylic acids is 1. The zero-order valence-electron chi connectivity index (χ0n) is 9.80. The van der Waals surface area contributed by atoms with Crippen molar-refractivity contribution in [1.82, 2.24) is 4.72 Å². The molecule has 98 valence electrons. The average molecular weight is 269 g/mol. The number of rotatable bonds is 4. The Bertz CT molecular complexity index is 530. The monoisotopic (exact) mass is 269 g/mol. The Labute approximate surface area is 106 Å². The number of aromatic carboxylic acids is 1. The summed E-state index contributed by atoms with van der Waals surface area (Å²) in [5.41, 5.74) is 0.0785. The Balaban J connectivity index is 2.16. The van der Waals surface area contributed by atoms with Gasteiger partial charge in [0.25, 0.3) is 0 Å². The van der Waals surface area contributed by atoms with Crippen LogP contribution in [-0.4, -0.2) is 25.5 Å². The summed E-state index contributed by atoms with van der Waals surface area (Å²) in [5, 5.41) is 8.74. The maximum atomic E-state index is 12.0. The molecular formula is C12H15NO4S. The van der Waals surface area contributed by atoms with E-state index in [1.54, 1.807) is 0 Å². The van der Waals surface area contributed by atoms with E-state index in [0.29, 0.717) is 0 Å². The van der Waals surface area contributed by atoms with Crippen LogP contribution in [-0.2, 0) is 10.0 Å². The molecule has 18 heavy (non-hydrogen) atoms. The van der Waals surface area contributed by atoms with Gasteiger partial charge in [-0.3, -0.25) is 0 Å². The maximum absolute atomic E-state index is 12.0. The Morgan fingerprint density at radius 1 is 1.17 bits per heavy atom. The number of benzene rings is 1. The number of sulfonamides is 1. The SMILES string of the molecule is O=C(O)c1ccc(S(=O)(=O)NC2CCCC2)cc1. The number of hydrogen-bond acceptors (Lipinski definition) is 3. The summed E-state index contributed by atoms with van der Waals surface area (Å²) >= 11 is 0. The van der Waals surface area contributed by atoms with Crippen LogP contribution in [0.1, 0.15) is 36.0 Å². The molecule has 0 spiro atoms. The van der Waals surface area contributed by atoms with Gasteiger partial charge in [-0.05, 0) is 37.1 Å². The molecule has 1 aromatic carbocycles. The van der Waals surface area contributed by atoms with E-state index < -0.39 is 16.0 Å². The number of carbonyl (C=O) groups is 1. The molecule has 2 rings (SSSR count). The fraction of sp³-hybridized carbons (Fsp3) is 0.417. The minimum atomic E-state index is -3.53. The second-order valence-corrected chi connectivity index (χ2v) is 6.15. The standard InChI is InChI=1S/C12H15NO4S/c14-12(15)9-5-7-11(8-6-9)18(16,17)13-10-3-1-2-4-10/h5-8,10,13H,1-4H2,(H,14,15). The largest absolute Gasteiger partial charge is 0.478 e. The van der Waals surface area contributed by atoms with Crippen LogP contribution in [0.5, 0.6) is 0 Å². The number of carboxylic acid groups (broad SMARTS) is 1. The molecule has 0 saturated heterocycles. The molecule has 6 heteroatoms. The van der Waals surface area contributed by atoms with Crippen molar-refractivity contribution in [3.8, 4) is 0 Å². The van der Waals surface area contributed by atoms with E-state index in [2.05, 4.69) is 4.72 Å². The van der Waals surface area contributed by atoms with Crippen molar-refractivity contribution in [3.63, 3.8) is 0 Å². The molecule has 5 nitrogen and oxygen atoms in total. The molecule has 1 saturated carbocycles. The first-order chi connectivity index (χ1) is 8.49. The van der Waals surface area contributed by atoms with Crippen LogP contribution in [0.2, 0.25) is 0 Å². The lowest BCUT2D eigenvalue weighted by atomic mass is 10.2. The summed E-state index contributed by atoms with van der Waals surface area (Å²) < 4.78 is 26.7. The average Bonchev–Trinajstić information content (AvgIpc) is 2.81. The Morgan fingerprint density at radius 3 is 2.22 bits per heavy atom. The van der Waals surface area contributed by atoms with Gasteiger partial charge in [0.05, 0.1) is 10.5 Å². The lowest BCUT2D eigenvalue weighted by molar-refractivity contribution is 0.0696. The molecule has 1 aliphatic carbocycles. The highest BCUT2D eigenvalue weighted by atomic mass is 32.2. The zero-order valence-corrected chi connectivity index (χ0v) is 10.6. The third kappa shape index (κ3) is 2.88. The van der Waals surface area contributed by atoms with Gasteiger partial charge in [-0.1, -0.05) is 12.8 Å². The van der Waals surface area contributed by atoms with Crippen molar-refractivity contribution in [1.29, 1.82) is 0 Å². The maximum Gasteiger partial charge on any atom is 0.335 e. The molecular weight excluding hydrogens is 254 g/mol. The zero-order chi connectivity index (χ0) is 13.2. The molecule has 0 heterocycles. The molecule has 0 amide bonds. The normalized spacial score (nSPS) is 16.9. The van der Waals surface area contributed by atoms with Gasteiger partial charge in [-0.25, -0.2) is 17.9 Å². The molecule has 2 N–H and O–H groups in total. The van der Waals surface area contributed by atoms with Crippen LogP contribution in [0, 0.1) is 0 Å². The van der Waals surface area contributed by atoms with E-state index in [9.17, 15) is 13.2 Å². The first-order valence-electron chi connectivity index (χ1n) is 5.85. The van der Waals surface area contributed by atoms with Gasteiger partial charge in [-0.15, -0.1) is 0 Å². The van der Waals surface area contributed by atoms with Crippen LogP contribution in [0.15, 0.2) is 29.2 Å². The van der Waals surface area contributed by atoms with Gasteiger partial charge < -0.3 is 5.11 Å². The van der Waals surface area contributed by atoms with Gasteiger partial charge in [0.2, 0.25) is 10.0 Å². The minimum Gasteiger partial charge on any atom is -0.478 e. The molecule has 1 fully saturated rings. The molecule has 0 atom stereocenters. The molecule has 1 aliphatic rings. The quantitative estimate of drug-likeness (QED) is 0.869. The predicted molar refractivity (Wildman–Crippen MR) is 66.0 cm³/mol. The predicted octanol–water partition coefficient (Wildman–Crippen LogP) is 1.61. The van der Waals surface area contributed by atoms with Gasteiger partial charge in [-0.2, -0.15) is 0 Å². The summed E-state index contributed by atoms with van der Waals surface area (Å²) in [7, 11) is -3.53. The molecule has 0 aliphatic heterocycles. The first kappa shape index (κ1) is 13.0. The fourth-order valence-corrected chi connectivity index (χ4v) is 3.41. The van der Waals surface area contributed by atoms with E-state index in [1.807, 2.05) is 0 Å². The number of nitrogens with one attached hydrogen (secondary N) is 1. The number of hydrogen-bond donors (Lipinski definition) is 2. The van der Waals surface area contributed by atoms with Gasteiger partial charge >= 0.3 is 5.97 Å².